The van der Waals surface area contributed by atoms with Crippen LogP contribution in [0.15, 0.2) is 48.5 Å². The molecule has 0 aliphatic heterocycles. The molecule has 0 bridgehead atoms. The molecule has 0 unspecified atom stereocenters. The molecule has 3 rings (SSSR count). The van der Waals surface area contributed by atoms with Crippen molar-refractivity contribution in [1.82, 2.24) is 20.3 Å². The van der Waals surface area contributed by atoms with Crippen LogP contribution in [0.1, 0.15) is 5.56 Å². The van der Waals surface area contributed by atoms with Gasteiger partial charge in [-0.25, -0.2) is 9.48 Å². The van der Waals surface area contributed by atoms with E-state index in [4.69, 9.17) is 9.84 Å². The highest BCUT2D eigenvalue weighted by Gasteiger charge is 2.12. The summed E-state index contributed by atoms with van der Waals surface area (Å²) in [4.78, 5) is 21.9. The third-order valence-corrected chi connectivity index (χ3v) is 3.31. The molecule has 1 heterocycles. The van der Waals surface area contributed by atoms with Gasteiger partial charge in [0, 0.05) is 5.56 Å². The first kappa shape index (κ1) is 15.5. The third-order valence-electron chi connectivity index (χ3n) is 3.31. The molecule has 0 radical (unpaired) electrons. The molecule has 1 aromatic heterocycles. The van der Waals surface area contributed by atoms with E-state index in [1.807, 2.05) is 42.5 Å². The number of aliphatic carboxylic acids is 1. The summed E-state index contributed by atoms with van der Waals surface area (Å²) in [5, 5.41) is 18.9. The molecule has 8 heteroatoms. The van der Waals surface area contributed by atoms with Crippen LogP contribution in [0.4, 0.5) is 4.79 Å². The van der Waals surface area contributed by atoms with Crippen LogP contribution >= 0.6 is 0 Å². The molecule has 0 saturated carbocycles. The lowest BCUT2D eigenvalue weighted by Gasteiger charge is -2.10. The first-order valence-corrected chi connectivity index (χ1v) is 7.16. The predicted octanol–water partition coefficient (Wildman–Crippen LogP) is 1.73. The largest absolute Gasteiger partial charge is 0.480 e. The van der Waals surface area contributed by atoms with Crippen LogP contribution in [0.2, 0.25) is 0 Å². The molecule has 2 N–H and O–H groups in total. The average Bonchev–Trinajstić information content (AvgIpc) is 3.02. The maximum atomic E-state index is 11.5. The van der Waals surface area contributed by atoms with Crippen LogP contribution in [-0.2, 0) is 16.1 Å². The van der Waals surface area contributed by atoms with Crippen molar-refractivity contribution < 1.29 is 19.4 Å². The molecule has 2 aromatic carbocycles. The minimum Gasteiger partial charge on any atom is -0.480 e. The Kier molecular flexibility index (Phi) is 4.37. The summed E-state index contributed by atoms with van der Waals surface area (Å²) >= 11 is 0. The fourth-order valence-corrected chi connectivity index (χ4v) is 2.23. The van der Waals surface area contributed by atoms with Crippen LogP contribution < -0.4 is 5.32 Å². The maximum Gasteiger partial charge on any atom is 0.407 e. The van der Waals surface area contributed by atoms with Gasteiger partial charge in [0.05, 0.1) is 11.2 Å². The number of nitrogens with zero attached hydrogens (tertiary/aromatic N) is 3. The van der Waals surface area contributed by atoms with Crippen molar-refractivity contribution in [2.45, 2.75) is 6.61 Å². The minimum absolute atomic E-state index is 0.0180. The molecule has 0 aliphatic rings. The van der Waals surface area contributed by atoms with Gasteiger partial charge in [-0.05, 0) is 18.2 Å². The van der Waals surface area contributed by atoms with Crippen molar-refractivity contribution in [3.05, 3.63) is 54.1 Å². The summed E-state index contributed by atoms with van der Waals surface area (Å²) in [5.41, 5.74) is 3.04. The summed E-state index contributed by atoms with van der Waals surface area (Å²) in [5.74, 6) is -1.14. The molecule has 0 spiro atoms. The number of carbonyl (C=O) groups is 2. The van der Waals surface area contributed by atoms with Crippen LogP contribution in [0.25, 0.3) is 16.7 Å². The fourth-order valence-electron chi connectivity index (χ4n) is 2.23. The average molecular weight is 326 g/mol. The second-order valence-electron chi connectivity index (χ2n) is 4.94. The number of carbonyl (C=O) groups excluding carboxylic acids is 1. The minimum atomic E-state index is -1.14. The van der Waals surface area contributed by atoms with Gasteiger partial charge < -0.3 is 15.2 Å². The standard InChI is InChI=1S/C16H14N4O4/c21-15(22)9-17-16(23)24-10-11-5-1-3-7-13(11)20-14-8-4-2-6-12(14)18-19-20/h1-8H,9-10H2,(H,17,23)(H,21,22). The first-order valence-electron chi connectivity index (χ1n) is 7.16. The van der Waals surface area contributed by atoms with Crippen LogP contribution in [0, 0.1) is 0 Å². The van der Waals surface area contributed by atoms with E-state index in [1.165, 1.54) is 0 Å². The molecule has 122 valence electrons. The SMILES string of the molecule is O=C(O)CNC(=O)OCc1ccccc1-n1nnc2ccccc21. The van der Waals surface area contributed by atoms with E-state index >= 15 is 0 Å². The molecular formula is C16H14N4O4. The van der Waals surface area contributed by atoms with E-state index in [0.29, 0.717) is 0 Å². The molecule has 8 nitrogen and oxygen atoms in total. The van der Waals surface area contributed by atoms with Gasteiger partial charge in [0.15, 0.2) is 0 Å². The Morgan fingerprint density at radius 2 is 1.88 bits per heavy atom. The number of benzene rings is 2. The Labute approximate surface area is 136 Å². The van der Waals surface area contributed by atoms with Gasteiger partial charge in [0.2, 0.25) is 0 Å². The van der Waals surface area contributed by atoms with Crippen molar-refractivity contribution in [3.63, 3.8) is 0 Å². The van der Waals surface area contributed by atoms with E-state index < -0.39 is 18.6 Å². The smallest absolute Gasteiger partial charge is 0.407 e. The number of ether oxygens (including phenoxy) is 1. The molecule has 3 aromatic rings. The Hall–Kier alpha value is -3.42. The van der Waals surface area contributed by atoms with Gasteiger partial charge in [0.1, 0.15) is 18.7 Å². The second kappa shape index (κ2) is 6.78. The van der Waals surface area contributed by atoms with E-state index in [9.17, 15) is 9.59 Å². The van der Waals surface area contributed by atoms with Crippen LogP contribution in [-0.4, -0.2) is 38.7 Å². The number of aromatic nitrogens is 3. The molecule has 0 aliphatic carbocycles. The summed E-state index contributed by atoms with van der Waals surface area (Å²) < 4.78 is 6.72. The number of rotatable bonds is 5. The highest BCUT2D eigenvalue weighted by atomic mass is 16.5. The van der Waals surface area contributed by atoms with Crippen molar-refractivity contribution in [2.24, 2.45) is 0 Å². The number of nitrogens with one attached hydrogen (secondary N) is 1. The fraction of sp³-hybridized carbons (Fsp3) is 0.125. The van der Waals surface area contributed by atoms with E-state index in [1.54, 1.807) is 10.7 Å². The Balaban J connectivity index is 1.81. The Morgan fingerprint density at radius 1 is 1.12 bits per heavy atom. The molecule has 0 atom stereocenters. The van der Waals surface area contributed by atoms with Gasteiger partial charge in [-0.15, -0.1) is 5.10 Å². The Morgan fingerprint density at radius 3 is 2.71 bits per heavy atom. The lowest BCUT2D eigenvalue weighted by atomic mass is 10.2. The van der Waals surface area contributed by atoms with E-state index in [2.05, 4.69) is 15.6 Å². The quantitative estimate of drug-likeness (QED) is 0.739. The number of carboxylic acid groups (broad SMARTS) is 1. The number of para-hydroxylation sites is 2. The van der Waals surface area contributed by atoms with E-state index in [-0.39, 0.29) is 6.61 Å². The molecule has 0 saturated heterocycles. The number of hydrogen-bond donors (Lipinski definition) is 2. The first-order chi connectivity index (χ1) is 11.6. The van der Waals surface area contributed by atoms with Crippen molar-refractivity contribution >= 4 is 23.1 Å². The second-order valence-corrected chi connectivity index (χ2v) is 4.94. The molecule has 1 amide bonds. The summed E-state index contributed by atoms with van der Waals surface area (Å²) in [6.07, 6.45) is -0.796. The summed E-state index contributed by atoms with van der Waals surface area (Å²) in [6.45, 7) is -0.510. The predicted molar refractivity (Wildman–Crippen MR) is 84.7 cm³/mol. The van der Waals surface area contributed by atoms with Gasteiger partial charge in [-0.2, -0.15) is 0 Å². The molecule has 0 fully saturated rings. The number of fused-ring (bicyclic) bond motifs is 1. The van der Waals surface area contributed by atoms with Gasteiger partial charge in [-0.1, -0.05) is 35.5 Å². The van der Waals surface area contributed by atoms with Crippen LogP contribution in [0.5, 0.6) is 0 Å². The van der Waals surface area contributed by atoms with Crippen molar-refractivity contribution in [1.29, 1.82) is 0 Å². The summed E-state index contributed by atoms with van der Waals surface area (Å²) in [6, 6.07) is 14.8. The lowest BCUT2D eigenvalue weighted by molar-refractivity contribution is -0.135. The van der Waals surface area contributed by atoms with Gasteiger partial charge in [0.25, 0.3) is 0 Å². The highest BCUT2D eigenvalue weighted by Crippen LogP contribution is 2.20. The zero-order valence-electron chi connectivity index (χ0n) is 12.5. The zero-order valence-corrected chi connectivity index (χ0v) is 12.5. The van der Waals surface area contributed by atoms with Crippen LogP contribution in [0.3, 0.4) is 0 Å². The number of hydrogen-bond acceptors (Lipinski definition) is 5. The van der Waals surface area contributed by atoms with E-state index in [0.717, 1.165) is 22.3 Å². The topological polar surface area (TPSA) is 106 Å². The van der Waals surface area contributed by atoms with Gasteiger partial charge >= 0.3 is 12.1 Å². The Bertz CT molecular complexity index is 890. The number of amides is 1. The van der Waals surface area contributed by atoms with Crippen molar-refractivity contribution in [3.8, 4) is 5.69 Å². The number of carboxylic acids is 1. The maximum absolute atomic E-state index is 11.5. The monoisotopic (exact) mass is 326 g/mol. The zero-order chi connectivity index (χ0) is 16.9. The van der Waals surface area contributed by atoms with Crippen molar-refractivity contribution in [2.75, 3.05) is 6.54 Å². The van der Waals surface area contributed by atoms with Gasteiger partial charge in [-0.3, -0.25) is 4.79 Å². The highest BCUT2D eigenvalue weighted by molar-refractivity contribution is 5.77. The number of alkyl carbamates (subject to hydrolysis) is 1. The lowest BCUT2D eigenvalue weighted by Crippen LogP contribution is -2.29. The molecule has 24 heavy (non-hydrogen) atoms. The summed E-state index contributed by atoms with van der Waals surface area (Å²) in [7, 11) is 0. The third kappa shape index (κ3) is 3.32. The molecular weight excluding hydrogens is 312 g/mol. The normalized spacial score (nSPS) is 10.5.